The number of ether oxygens (including phenoxy) is 1. The van der Waals surface area contributed by atoms with Crippen molar-refractivity contribution < 1.29 is 28.9 Å². The fourth-order valence-electron chi connectivity index (χ4n) is 4.41. The molecule has 1 amide bonds. The number of aromatic hydroxyl groups is 1. The predicted molar refractivity (Wildman–Crippen MR) is 136 cm³/mol. The van der Waals surface area contributed by atoms with Crippen LogP contribution < -0.4 is 9.64 Å². The van der Waals surface area contributed by atoms with Crippen molar-refractivity contribution >= 4 is 23.1 Å². The Morgan fingerprint density at radius 3 is 2.31 bits per heavy atom. The van der Waals surface area contributed by atoms with E-state index >= 15 is 0 Å². The zero-order valence-electron chi connectivity index (χ0n) is 20.6. The Labute approximate surface area is 209 Å². The van der Waals surface area contributed by atoms with Gasteiger partial charge in [0.2, 0.25) is 0 Å². The van der Waals surface area contributed by atoms with Crippen LogP contribution in [0.3, 0.4) is 0 Å². The lowest BCUT2D eigenvalue weighted by Gasteiger charge is -2.26. The van der Waals surface area contributed by atoms with Crippen molar-refractivity contribution in [1.29, 1.82) is 0 Å². The summed E-state index contributed by atoms with van der Waals surface area (Å²) in [5.74, 6) is -2.21. The summed E-state index contributed by atoms with van der Waals surface area (Å²) in [6.45, 7) is 8.35. The lowest BCUT2D eigenvalue weighted by atomic mass is 9.84. The van der Waals surface area contributed by atoms with Crippen LogP contribution >= 0.6 is 0 Å². The molecule has 1 aliphatic heterocycles. The first kappa shape index (κ1) is 25.0. The number of phenols is 1. The standard InChI is InChI=1S/C29H28FNO5/c1-5-36-23-15-12-18(16-20(23)29(2,3)4)26(33)24-25(17-10-13-19(30)14-11-17)31(28(35)27(24)34)21-8-6-7-9-22(21)32/h6-16,25,32-33H,5H2,1-4H3/b26-24-. The van der Waals surface area contributed by atoms with Crippen LogP contribution in [0.5, 0.6) is 11.5 Å². The smallest absolute Gasteiger partial charge is 0.300 e. The molecule has 6 nitrogen and oxygen atoms in total. The molecule has 1 atom stereocenters. The maximum Gasteiger partial charge on any atom is 0.300 e. The lowest BCUT2D eigenvalue weighted by Crippen LogP contribution is -2.29. The molecule has 1 fully saturated rings. The van der Waals surface area contributed by atoms with Gasteiger partial charge in [-0.2, -0.15) is 0 Å². The molecule has 0 aromatic heterocycles. The predicted octanol–water partition coefficient (Wildman–Crippen LogP) is 5.85. The zero-order chi connectivity index (χ0) is 26.2. The average Bonchev–Trinajstić information content (AvgIpc) is 3.09. The number of hydrogen-bond donors (Lipinski definition) is 2. The lowest BCUT2D eigenvalue weighted by molar-refractivity contribution is -0.132. The van der Waals surface area contributed by atoms with Crippen LogP contribution in [0.25, 0.3) is 5.76 Å². The third-order valence-corrected chi connectivity index (χ3v) is 6.13. The van der Waals surface area contributed by atoms with E-state index in [-0.39, 0.29) is 28.2 Å². The van der Waals surface area contributed by atoms with Gasteiger partial charge in [-0.05, 0) is 60.4 Å². The van der Waals surface area contributed by atoms with Gasteiger partial charge in [0.15, 0.2) is 0 Å². The summed E-state index contributed by atoms with van der Waals surface area (Å²) >= 11 is 0. The van der Waals surface area contributed by atoms with E-state index in [1.54, 1.807) is 30.3 Å². The number of nitrogens with zero attached hydrogens (tertiary/aromatic N) is 1. The minimum atomic E-state index is -1.08. The molecule has 0 spiro atoms. The van der Waals surface area contributed by atoms with Crippen LogP contribution in [0.2, 0.25) is 0 Å². The Balaban J connectivity index is 1.96. The van der Waals surface area contributed by atoms with E-state index < -0.39 is 23.5 Å². The van der Waals surface area contributed by atoms with Crippen LogP contribution in [0.1, 0.15) is 50.4 Å². The van der Waals surface area contributed by atoms with Crippen molar-refractivity contribution in [3.05, 3.63) is 94.8 Å². The molecule has 1 heterocycles. The Kier molecular flexibility index (Phi) is 6.59. The maximum atomic E-state index is 13.7. The first-order chi connectivity index (χ1) is 17.0. The van der Waals surface area contributed by atoms with Crippen molar-refractivity contribution in [3.63, 3.8) is 0 Å². The summed E-state index contributed by atoms with van der Waals surface area (Å²) in [5.41, 5.74) is 1.18. The number of aliphatic hydroxyl groups is 1. The SMILES string of the molecule is CCOc1ccc(/C(O)=C2/C(=O)C(=O)N(c3ccccc3O)C2c2ccc(F)cc2)cc1C(C)(C)C. The Hall–Kier alpha value is -4.13. The summed E-state index contributed by atoms with van der Waals surface area (Å²) in [5, 5.41) is 21.9. The molecule has 0 radical (unpaired) electrons. The Morgan fingerprint density at radius 1 is 1.03 bits per heavy atom. The van der Waals surface area contributed by atoms with E-state index in [2.05, 4.69) is 0 Å². The van der Waals surface area contributed by atoms with E-state index in [4.69, 9.17) is 4.74 Å². The Morgan fingerprint density at radius 2 is 1.69 bits per heavy atom. The number of ketones is 1. The molecular weight excluding hydrogens is 461 g/mol. The van der Waals surface area contributed by atoms with E-state index in [1.807, 2.05) is 27.7 Å². The van der Waals surface area contributed by atoms with Gasteiger partial charge in [0, 0.05) is 11.1 Å². The number of rotatable bonds is 5. The number of hydrogen-bond acceptors (Lipinski definition) is 5. The third-order valence-electron chi connectivity index (χ3n) is 6.13. The van der Waals surface area contributed by atoms with Gasteiger partial charge < -0.3 is 14.9 Å². The fraction of sp³-hybridized carbons (Fsp3) is 0.241. The van der Waals surface area contributed by atoms with Crippen molar-refractivity contribution in [2.45, 2.75) is 39.2 Å². The molecule has 7 heteroatoms. The normalized spacial score (nSPS) is 17.5. The van der Waals surface area contributed by atoms with Gasteiger partial charge in [0.1, 0.15) is 23.1 Å². The summed E-state index contributed by atoms with van der Waals surface area (Å²) < 4.78 is 19.5. The first-order valence-corrected chi connectivity index (χ1v) is 11.7. The van der Waals surface area contributed by atoms with Crippen LogP contribution in [0.4, 0.5) is 10.1 Å². The number of amides is 1. The highest BCUT2D eigenvalue weighted by Crippen LogP contribution is 2.45. The van der Waals surface area contributed by atoms with Gasteiger partial charge in [-0.15, -0.1) is 0 Å². The van der Waals surface area contributed by atoms with Crippen LogP contribution in [-0.4, -0.2) is 28.5 Å². The molecule has 4 rings (SSSR count). The third kappa shape index (κ3) is 4.44. The van der Waals surface area contributed by atoms with Crippen molar-refractivity contribution in [2.75, 3.05) is 11.5 Å². The molecule has 1 saturated heterocycles. The number of carbonyl (C=O) groups excluding carboxylic acids is 2. The monoisotopic (exact) mass is 489 g/mol. The molecule has 1 aliphatic rings. The second-order valence-electron chi connectivity index (χ2n) is 9.60. The molecule has 1 unspecified atom stereocenters. The van der Waals surface area contributed by atoms with Gasteiger partial charge in [-0.3, -0.25) is 14.5 Å². The van der Waals surface area contributed by atoms with Crippen LogP contribution in [0, 0.1) is 5.82 Å². The molecular formula is C29H28FNO5. The molecule has 3 aromatic rings. The van der Waals surface area contributed by atoms with E-state index in [9.17, 15) is 24.2 Å². The van der Waals surface area contributed by atoms with Gasteiger partial charge in [0.05, 0.1) is 23.9 Å². The zero-order valence-corrected chi connectivity index (χ0v) is 20.6. The number of phenolic OH excluding ortho intramolecular Hbond substituents is 1. The largest absolute Gasteiger partial charge is 0.507 e. The number of carbonyl (C=O) groups is 2. The summed E-state index contributed by atoms with van der Waals surface area (Å²) in [6.07, 6.45) is 0. The highest BCUT2D eigenvalue weighted by atomic mass is 19.1. The Bertz CT molecular complexity index is 1350. The molecule has 0 bridgehead atoms. The summed E-state index contributed by atoms with van der Waals surface area (Å²) in [4.78, 5) is 27.7. The highest BCUT2D eigenvalue weighted by molar-refractivity contribution is 6.51. The van der Waals surface area contributed by atoms with E-state index in [0.29, 0.717) is 23.5 Å². The molecule has 0 saturated carbocycles. The summed E-state index contributed by atoms with van der Waals surface area (Å²) in [7, 11) is 0. The topological polar surface area (TPSA) is 87.1 Å². The quantitative estimate of drug-likeness (QED) is 0.267. The maximum absolute atomic E-state index is 13.7. The number of aliphatic hydroxyl groups excluding tert-OH is 1. The van der Waals surface area contributed by atoms with E-state index in [0.717, 1.165) is 10.5 Å². The average molecular weight is 490 g/mol. The van der Waals surface area contributed by atoms with Crippen LogP contribution in [0.15, 0.2) is 72.3 Å². The minimum absolute atomic E-state index is 0.107. The van der Waals surface area contributed by atoms with Gasteiger partial charge in [-0.25, -0.2) is 4.39 Å². The van der Waals surface area contributed by atoms with Gasteiger partial charge >= 0.3 is 0 Å². The second-order valence-corrected chi connectivity index (χ2v) is 9.60. The van der Waals surface area contributed by atoms with Gasteiger partial charge in [0.25, 0.3) is 11.7 Å². The minimum Gasteiger partial charge on any atom is -0.507 e. The van der Waals surface area contributed by atoms with Crippen molar-refractivity contribution in [2.24, 2.45) is 0 Å². The van der Waals surface area contributed by atoms with Gasteiger partial charge in [-0.1, -0.05) is 45.0 Å². The molecule has 186 valence electrons. The van der Waals surface area contributed by atoms with Crippen molar-refractivity contribution in [3.8, 4) is 11.5 Å². The van der Waals surface area contributed by atoms with Crippen molar-refractivity contribution in [1.82, 2.24) is 0 Å². The fourth-order valence-corrected chi connectivity index (χ4v) is 4.41. The summed E-state index contributed by atoms with van der Waals surface area (Å²) in [6, 6.07) is 15.5. The molecule has 36 heavy (non-hydrogen) atoms. The number of halogens is 1. The number of para-hydroxylation sites is 2. The number of anilines is 1. The van der Waals surface area contributed by atoms with Crippen LogP contribution in [-0.2, 0) is 15.0 Å². The molecule has 0 aliphatic carbocycles. The first-order valence-electron chi connectivity index (χ1n) is 11.7. The number of benzene rings is 3. The second kappa shape index (κ2) is 9.49. The molecule has 3 aromatic carbocycles. The van der Waals surface area contributed by atoms with E-state index in [1.165, 1.54) is 36.4 Å². The molecule has 2 N–H and O–H groups in total. The highest BCUT2D eigenvalue weighted by Gasteiger charge is 2.47. The number of Topliss-reactive ketones (excluding diaryl/α,β-unsaturated/α-hetero) is 1.